The Kier molecular flexibility index (Phi) is 2.10. The first-order valence-corrected chi connectivity index (χ1v) is 4.12. The number of aromatic nitrogens is 1. The van der Waals surface area contributed by atoms with Crippen molar-refractivity contribution in [2.45, 2.75) is 0 Å². The van der Waals surface area contributed by atoms with Crippen molar-refractivity contribution in [1.82, 2.24) is 4.98 Å². The second kappa shape index (κ2) is 3.42. The smallest absolute Gasteiger partial charge is 0.292 e. The van der Waals surface area contributed by atoms with Crippen molar-refractivity contribution in [3.05, 3.63) is 35.8 Å². The number of nitriles is 1. The highest BCUT2D eigenvalue weighted by molar-refractivity contribution is 5.59. The number of anilines is 1. The molecule has 15 heavy (non-hydrogen) atoms. The van der Waals surface area contributed by atoms with Gasteiger partial charge in [-0.25, -0.2) is 9.37 Å². The lowest BCUT2D eigenvalue weighted by Crippen LogP contribution is -1.84. The number of nitrogens with zero attached hydrogens (tertiary/aromatic N) is 2. The average molecular weight is 203 g/mol. The van der Waals surface area contributed by atoms with Gasteiger partial charge in [-0.05, 0) is 18.2 Å². The summed E-state index contributed by atoms with van der Waals surface area (Å²) in [7, 11) is 0. The Bertz CT molecular complexity index is 542. The van der Waals surface area contributed by atoms with Crippen LogP contribution in [0, 0.1) is 17.1 Å². The molecule has 0 saturated carbocycles. The number of halogens is 1. The van der Waals surface area contributed by atoms with Gasteiger partial charge in [-0.15, -0.1) is 0 Å². The number of nitrogen functional groups attached to an aromatic ring is 1. The van der Waals surface area contributed by atoms with E-state index < -0.39 is 5.82 Å². The lowest BCUT2D eigenvalue weighted by atomic mass is 10.1. The first-order valence-electron chi connectivity index (χ1n) is 4.12. The fraction of sp³-hybridized carbons (Fsp3) is 0. The van der Waals surface area contributed by atoms with Crippen LogP contribution in [0.15, 0.2) is 28.8 Å². The summed E-state index contributed by atoms with van der Waals surface area (Å²) in [6, 6.07) is 5.86. The summed E-state index contributed by atoms with van der Waals surface area (Å²) in [5.41, 5.74) is 5.83. The zero-order valence-corrected chi connectivity index (χ0v) is 7.57. The Morgan fingerprint density at radius 1 is 1.47 bits per heavy atom. The van der Waals surface area contributed by atoms with E-state index in [0.717, 1.165) is 0 Å². The molecular weight excluding hydrogens is 197 g/mol. The van der Waals surface area contributed by atoms with E-state index in [4.69, 9.17) is 15.4 Å². The van der Waals surface area contributed by atoms with Gasteiger partial charge in [0, 0.05) is 5.56 Å². The highest BCUT2D eigenvalue weighted by atomic mass is 19.1. The largest absolute Gasteiger partial charge is 0.424 e. The number of nitrogens with two attached hydrogens (primary N) is 1. The second-order valence-electron chi connectivity index (χ2n) is 2.87. The summed E-state index contributed by atoms with van der Waals surface area (Å²) in [5, 5.41) is 8.63. The Morgan fingerprint density at radius 3 is 2.87 bits per heavy atom. The normalized spacial score (nSPS) is 9.87. The zero-order chi connectivity index (χ0) is 10.8. The van der Waals surface area contributed by atoms with Crippen molar-refractivity contribution >= 4 is 6.01 Å². The molecule has 1 aromatic heterocycles. The lowest BCUT2D eigenvalue weighted by Gasteiger charge is -1.97. The Hall–Kier alpha value is -2.35. The zero-order valence-electron chi connectivity index (χ0n) is 7.57. The van der Waals surface area contributed by atoms with Gasteiger partial charge >= 0.3 is 0 Å². The molecule has 5 heteroatoms. The minimum atomic E-state index is -0.561. The van der Waals surface area contributed by atoms with E-state index >= 15 is 0 Å². The van der Waals surface area contributed by atoms with E-state index in [1.807, 2.05) is 0 Å². The molecule has 0 atom stereocenters. The third kappa shape index (κ3) is 1.65. The first-order chi connectivity index (χ1) is 7.20. The number of hydrogen-bond donors (Lipinski definition) is 1. The maximum Gasteiger partial charge on any atom is 0.292 e. The van der Waals surface area contributed by atoms with Crippen molar-refractivity contribution in [1.29, 1.82) is 5.26 Å². The Balaban J connectivity index is 2.51. The molecule has 0 bridgehead atoms. The Labute approximate surface area is 84.8 Å². The van der Waals surface area contributed by atoms with Crippen LogP contribution in [0.1, 0.15) is 5.56 Å². The predicted molar refractivity (Wildman–Crippen MR) is 51.0 cm³/mol. The lowest BCUT2D eigenvalue weighted by molar-refractivity contribution is 0.593. The molecule has 0 unspecified atom stereocenters. The van der Waals surface area contributed by atoms with E-state index in [2.05, 4.69) is 4.98 Å². The number of benzene rings is 1. The number of oxazole rings is 1. The fourth-order valence-electron chi connectivity index (χ4n) is 1.19. The molecule has 0 aliphatic rings. The number of hydrogen-bond acceptors (Lipinski definition) is 4. The molecule has 0 aliphatic heterocycles. The summed E-state index contributed by atoms with van der Waals surface area (Å²) >= 11 is 0. The van der Waals surface area contributed by atoms with Crippen LogP contribution >= 0.6 is 0 Å². The van der Waals surface area contributed by atoms with Crippen molar-refractivity contribution in [2.24, 2.45) is 0 Å². The van der Waals surface area contributed by atoms with Crippen LogP contribution in [0.3, 0.4) is 0 Å². The topological polar surface area (TPSA) is 75.8 Å². The molecule has 74 valence electrons. The molecule has 1 heterocycles. The monoisotopic (exact) mass is 203 g/mol. The van der Waals surface area contributed by atoms with Gasteiger partial charge in [-0.1, -0.05) is 0 Å². The van der Waals surface area contributed by atoms with Gasteiger partial charge in [0.05, 0.1) is 11.8 Å². The third-order valence-electron chi connectivity index (χ3n) is 1.89. The molecular formula is C10H6FN3O. The summed E-state index contributed by atoms with van der Waals surface area (Å²) in [5.74, 6) is -0.155. The summed E-state index contributed by atoms with van der Waals surface area (Å²) in [6.07, 6.45) is 1.42. The quantitative estimate of drug-likeness (QED) is 0.768. The average Bonchev–Trinajstić information content (AvgIpc) is 2.66. The maximum absolute atomic E-state index is 13.0. The summed E-state index contributed by atoms with van der Waals surface area (Å²) < 4.78 is 18.0. The molecule has 0 saturated heterocycles. The predicted octanol–water partition coefficient (Wildman–Crippen LogP) is 1.93. The van der Waals surface area contributed by atoms with Gasteiger partial charge in [-0.3, -0.25) is 0 Å². The van der Waals surface area contributed by atoms with Crippen molar-refractivity contribution < 1.29 is 8.81 Å². The Morgan fingerprint density at radius 2 is 2.27 bits per heavy atom. The van der Waals surface area contributed by atoms with Gasteiger partial charge in [0.2, 0.25) is 0 Å². The second-order valence-corrected chi connectivity index (χ2v) is 2.87. The van der Waals surface area contributed by atoms with E-state index in [-0.39, 0.29) is 11.6 Å². The van der Waals surface area contributed by atoms with Gasteiger partial charge in [0.15, 0.2) is 5.76 Å². The molecule has 0 radical (unpaired) electrons. The molecule has 2 rings (SSSR count). The van der Waals surface area contributed by atoms with Crippen LogP contribution in [-0.2, 0) is 0 Å². The fourth-order valence-corrected chi connectivity index (χ4v) is 1.19. The molecule has 1 aromatic carbocycles. The highest BCUT2D eigenvalue weighted by Gasteiger charge is 2.07. The molecule has 0 fully saturated rings. The van der Waals surface area contributed by atoms with E-state index in [9.17, 15) is 4.39 Å². The van der Waals surface area contributed by atoms with Gasteiger partial charge in [-0.2, -0.15) is 5.26 Å². The van der Waals surface area contributed by atoms with Crippen molar-refractivity contribution in [3.8, 4) is 17.4 Å². The van der Waals surface area contributed by atoms with Crippen molar-refractivity contribution in [3.63, 3.8) is 0 Å². The van der Waals surface area contributed by atoms with Crippen LogP contribution < -0.4 is 5.73 Å². The molecule has 2 aromatic rings. The molecule has 2 N–H and O–H groups in total. The molecule has 0 aliphatic carbocycles. The van der Waals surface area contributed by atoms with E-state index in [1.54, 1.807) is 6.07 Å². The van der Waals surface area contributed by atoms with Gasteiger partial charge < -0.3 is 10.2 Å². The summed E-state index contributed by atoms with van der Waals surface area (Å²) in [4.78, 5) is 3.71. The van der Waals surface area contributed by atoms with Crippen LogP contribution in [0.4, 0.5) is 10.4 Å². The standard InChI is InChI=1S/C10H6FN3O/c11-8-2-1-6(3-7(8)4-12)9-5-14-10(13)15-9/h1-3,5H,(H2,13,14). The minimum absolute atomic E-state index is 0.0350. The number of rotatable bonds is 1. The summed E-state index contributed by atoms with van der Waals surface area (Å²) in [6.45, 7) is 0. The van der Waals surface area contributed by atoms with Crippen LogP contribution in [0.5, 0.6) is 0 Å². The van der Waals surface area contributed by atoms with E-state index in [0.29, 0.717) is 11.3 Å². The SMILES string of the molecule is N#Cc1cc(-c2cnc(N)o2)ccc1F. The van der Waals surface area contributed by atoms with E-state index in [1.165, 1.54) is 24.4 Å². The first kappa shape index (κ1) is 9.21. The highest BCUT2D eigenvalue weighted by Crippen LogP contribution is 2.23. The van der Waals surface area contributed by atoms with Crippen molar-refractivity contribution in [2.75, 3.05) is 5.73 Å². The minimum Gasteiger partial charge on any atom is -0.424 e. The molecule has 0 spiro atoms. The maximum atomic E-state index is 13.0. The van der Waals surface area contributed by atoms with Crippen LogP contribution in [0.25, 0.3) is 11.3 Å². The van der Waals surface area contributed by atoms with Gasteiger partial charge in [0.1, 0.15) is 11.9 Å². The third-order valence-corrected chi connectivity index (χ3v) is 1.89. The van der Waals surface area contributed by atoms with Crippen LogP contribution in [-0.4, -0.2) is 4.98 Å². The van der Waals surface area contributed by atoms with Gasteiger partial charge in [0.25, 0.3) is 6.01 Å². The molecule has 4 nitrogen and oxygen atoms in total. The van der Waals surface area contributed by atoms with Crippen LogP contribution in [0.2, 0.25) is 0 Å². The molecule has 0 amide bonds.